The van der Waals surface area contributed by atoms with E-state index in [1.54, 1.807) is 27.7 Å². The number of halogens is 1. The molecule has 0 aliphatic heterocycles. The summed E-state index contributed by atoms with van der Waals surface area (Å²) in [5.41, 5.74) is 0. The first kappa shape index (κ1) is 13.9. The van der Waals surface area contributed by atoms with Crippen LogP contribution in [0.4, 0.5) is 0 Å². The van der Waals surface area contributed by atoms with Crippen molar-refractivity contribution in [3.63, 3.8) is 0 Å². The molecule has 14 heavy (non-hydrogen) atoms. The predicted molar refractivity (Wildman–Crippen MR) is 55.1 cm³/mol. The van der Waals surface area contributed by atoms with Crippen LogP contribution in [0.5, 0.6) is 0 Å². The second-order valence-corrected chi connectivity index (χ2v) is 5.64. The maximum atomic E-state index is 11.9. The van der Waals surface area contributed by atoms with E-state index in [1.165, 1.54) is 0 Å². The molecule has 0 aliphatic rings. The second kappa shape index (κ2) is 5.71. The Morgan fingerprint density at radius 2 is 1.64 bits per heavy atom. The summed E-state index contributed by atoms with van der Waals surface area (Å²) in [5.74, 6) is 0. The zero-order valence-corrected chi connectivity index (χ0v) is 10.2. The third kappa shape index (κ3) is 4.42. The Kier molecular flexibility index (Phi) is 5.67. The van der Waals surface area contributed by atoms with E-state index in [0.717, 1.165) is 0 Å². The minimum absolute atomic E-state index is 0.338. The highest BCUT2D eigenvalue weighted by molar-refractivity contribution is 7.77. The van der Waals surface area contributed by atoms with Gasteiger partial charge >= 0.3 is 7.60 Å². The third-order valence-corrected chi connectivity index (χ3v) is 3.64. The Hall–Kier alpha value is -0.0900. The van der Waals surface area contributed by atoms with E-state index in [-0.39, 0.29) is 12.2 Å². The SMILES string of the molecule is CC(C)OP(=O)(OC(C)C)C(Cl)=NO. The molecule has 0 heterocycles. The van der Waals surface area contributed by atoms with Crippen molar-refractivity contribution >= 4 is 24.1 Å². The van der Waals surface area contributed by atoms with E-state index >= 15 is 0 Å². The lowest BCUT2D eigenvalue weighted by Gasteiger charge is -2.20. The Morgan fingerprint density at radius 3 is 1.86 bits per heavy atom. The van der Waals surface area contributed by atoms with Crippen LogP contribution in [0, 0.1) is 0 Å². The van der Waals surface area contributed by atoms with Crippen molar-refractivity contribution in [3.8, 4) is 0 Å². The molecule has 0 saturated carbocycles. The number of hydrogen-bond acceptors (Lipinski definition) is 5. The summed E-state index contributed by atoms with van der Waals surface area (Å²) in [6.07, 6.45) is -0.676. The lowest BCUT2D eigenvalue weighted by molar-refractivity contribution is 0.152. The Labute approximate surface area is 88.6 Å². The van der Waals surface area contributed by atoms with Crippen molar-refractivity contribution in [1.82, 2.24) is 0 Å². The van der Waals surface area contributed by atoms with Gasteiger partial charge in [-0.3, -0.25) is 4.57 Å². The summed E-state index contributed by atoms with van der Waals surface area (Å²) in [7, 11) is -3.66. The summed E-state index contributed by atoms with van der Waals surface area (Å²) < 4.78 is 21.9. The van der Waals surface area contributed by atoms with Crippen LogP contribution in [0.25, 0.3) is 0 Å². The van der Waals surface area contributed by atoms with Gasteiger partial charge in [-0.05, 0) is 27.7 Å². The molecule has 84 valence electrons. The van der Waals surface area contributed by atoms with Gasteiger partial charge < -0.3 is 14.3 Å². The van der Waals surface area contributed by atoms with Gasteiger partial charge in [0.1, 0.15) is 0 Å². The molecule has 0 aromatic heterocycles. The van der Waals surface area contributed by atoms with Crippen molar-refractivity contribution in [3.05, 3.63) is 0 Å². The summed E-state index contributed by atoms with van der Waals surface area (Å²) >= 11 is 5.45. The third-order valence-electron chi connectivity index (χ3n) is 1.01. The van der Waals surface area contributed by atoms with E-state index in [1.807, 2.05) is 0 Å². The molecule has 0 aromatic carbocycles. The highest BCUT2D eigenvalue weighted by atomic mass is 35.5. The summed E-state index contributed by atoms with van der Waals surface area (Å²) in [6.45, 7) is 6.71. The van der Waals surface area contributed by atoms with Crippen molar-refractivity contribution < 1.29 is 18.8 Å². The van der Waals surface area contributed by atoms with Gasteiger partial charge in [-0.1, -0.05) is 16.8 Å². The lowest BCUT2D eigenvalue weighted by atomic mass is 10.5. The number of hydrogen-bond donors (Lipinski definition) is 1. The van der Waals surface area contributed by atoms with Gasteiger partial charge in [0, 0.05) is 0 Å². The molecule has 0 atom stereocenters. The molecule has 1 N–H and O–H groups in total. The van der Waals surface area contributed by atoms with Crippen LogP contribution in [0.15, 0.2) is 5.16 Å². The maximum Gasteiger partial charge on any atom is 0.395 e. The zero-order chi connectivity index (χ0) is 11.4. The zero-order valence-electron chi connectivity index (χ0n) is 8.60. The van der Waals surface area contributed by atoms with Gasteiger partial charge in [-0.25, -0.2) is 0 Å². The molecule has 0 amide bonds. The van der Waals surface area contributed by atoms with Crippen LogP contribution in [0.1, 0.15) is 27.7 Å². The van der Waals surface area contributed by atoms with E-state index in [2.05, 4.69) is 5.16 Å². The van der Waals surface area contributed by atoms with Gasteiger partial charge in [-0.2, -0.15) is 0 Å². The minimum atomic E-state index is -3.66. The standard InChI is InChI=1S/C7H15ClNO4P/c1-5(2)12-14(11,7(8)9-10)13-6(3)4/h5-6,10H,1-4H3. The number of rotatable bonds is 5. The van der Waals surface area contributed by atoms with Gasteiger partial charge in [0.2, 0.25) is 0 Å². The first-order valence-electron chi connectivity index (χ1n) is 4.16. The highest BCUT2D eigenvalue weighted by Gasteiger charge is 2.34. The molecule has 0 saturated heterocycles. The van der Waals surface area contributed by atoms with Crippen LogP contribution in [0.2, 0.25) is 0 Å². The minimum Gasteiger partial charge on any atom is -0.409 e. The molecule has 5 nitrogen and oxygen atoms in total. The first-order valence-corrected chi connectivity index (χ1v) is 6.09. The quantitative estimate of drug-likeness (QED) is 0.349. The second-order valence-electron chi connectivity index (χ2n) is 3.17. The molecule has 0 unspecified atom stereocenters. The van der Waals surface area contributed by atoms with Crippen LogP contribution in [-0.2, 0) is 13.6 Å². The van der Waals surface area contributed by atoms with E-state index in [0.29, 0.717) is 0 Å². The van der Waals surface area contributed by atoms with E-state index < -0.39 is 12.5 Å². The molecular weight excluding hydrogens is 229 g/mol. The monoisotopic (exact) mass is 243 g/mol. The summed E-state index contributed by atoms with van der Waals surface area (Å²) in [6, 6.07) is 0. The Balaban J connectivity index is 4.77. The molecule has 0 aromatic rings. The fraction of sp³-hybridized carbons (Fsp3) is 0.857. The predicted octanol–water partition coefficient (Wildman–Crippen LogP) is 3.01. The van der Waals surface area contributed by atoms with Gasteiger partial charge in [-0.15, -0.1) is 0 Å². The molecule has 0 rings (SSSR count). The fourth-order valence-electron chi connectivity index (χ4n) is 0.722. The number of oxime groups is 1. The van der Waals surface area contributed by atoms with Crippen molar-refractivity contribution in [2.45, 2.75) is 39.9 Å². The van der Waals surface area contributed by atoms with Crippen LogP contribution in [0.3, 0.4) is 0 Å². The van der Waals surface area contributed by atoms with Crippen molar-refractivity contribution in [2.24, 2.45) is 5.16 Å². The number of nitrogens with zero attached hydrogens (tertiary/aromatic N) is 1. The average molecular weight is 244 g/mol. The molecule has 0 spiro atoms. The molecule has 0 aliphatic carbocycles. The van der Waals surface area contributed by atoms with E-state index in [4.69, 9.17) is 25.9 Å². The van der Waals surface area contributed by atoms with Crippen LogP contribution < -0.4 is 0 Å². The fourth-order valence-corrected chi connectivity index (χ4v) is 2.40. The molecule has 0 fully saturated rings. The summed E-state index contributed by atoms with van der Waals surface area (Å²) in [5, 5.41) is 11.1. The van der Waals surface area contributed by atoms with Crippen LogP contribution in [-0.4, -0.2) is 22.3 Å². The first-order chi connectivity index (χ1) is 6.31. The van der Waals surface area contributed by atoms with E-state index in [9.17, 15) is 4.57 Å². The molecule has 7 heteroatoms. The van der Waals surface area contributed by atoms with Crippen molar-refractivity contribution in [2.75, 3.05) is 0 Å². The van der Waals surface area contributed by atoms with Gasteiger partial charge in [0.05, 0.1) is 12.2 Å². The summed E-state index contributed by atoms with van der Waals surface area (Å²) in [4.78, 5) is -0.556. The lowest BCUT2D eigenvalue weighted by Crippen LogP contribution is -2.11. The Morgan fingerprint density at radius 1 is 1.29 bits per heavy atom. The Bertz CT molecular complexity index is 240. The van der Waals surface area contributed by atoms with Crippen LogP contribution >= 0.6 is 19.2 Å². The topological polar surface area (TPSA) is 68.1 Å². The van der Waals surface area contributed by atoms with Gasteiger partial charge in [0.25, 0.3) is 4.91 Å². The average Bonchev–Trinajstić information content (AvgIpc) is 1.99. The van der Waals surface area contributed by atoms with Crippen molar-refractivity contribution in [1.29, 1.82) is 0 Å². The largest absolute Gasteiger partial charge is 0.409 e. The highest BCUT2D eigenvalue weighted by Crippen LogP contribution is 2.53. The molecular formula is C7H15ClNO4P. The molecule has 0 bridgehead atoms. The normalized spacial score (nSPS) is 14.1. The van der Waals surface area contributed by atoms with Gasteiger partial charge in [0.15, 0.2) is 0 Å². The smallest absolute Gasteiger partial charge is 0.395 e. The maximum absolute atomic E-state index is 11.9. The molecule has 0 radical (unpaired) electrons.